The molecule has 0 aliphatic heterocycles. The molecule has 94 valence electrons. The van der Waals surface area contributed by atoms with Crippen molar-refractivity contribution in [3.8, 4) is 0 Å². The van der Waals surface area contributed by atoms with Gasteiger partial charge in [0, 0.05) is 12.6 Å². The Morgan fingerprint density at radius 1 is 1.31 bits per heavy atom. The number of amides is 2. The Bertz CT molecular complexity index is 217. The minimum atomic E-state index is -1.01. The highest BCUT2D eigenvalue weighted by Gasteiger charge is 2.06. The van der Waals surface area contributed by atoms with Gasteiger partial charge >= 0.3 is 12.0 Å². The summed E-state index contributed by atoms with van der Waals surface area (Å²) in [5, 5.41) is 13.7. The average molecular weight is 232 g/mol. The van der Waals surface area contributed by atoms with Crippen molar-refractivity contribution in [1.82, 2.24) is 10.6 Å². The molecule has 6 heteroatoms. The van der Waals surface area contributed by atoms with Crippen molar-refractivity contribution >= 4 is 12.0 Å². The Morgan fingerprint density at radius 3 is 2.44 bits per heavy atom. The monoisotopic (exact) mass is 232 g/mol. The number of ether oxygens (including phenoxy) is 1. The average Bonchev–Trinajstić information content (AvgIpc) is 2.25. The second-order valence-corrected chi connectivity index (χ2v) is 3.36. The van der Waals surface area contributed by atoms with E-state index in [9.17, 15) is 9.59 Å². The Kier molecular flexibility index (Phi) is 8.24. The minimum absolute atomic E-state index is 0.180. The Hall–Kier alpha value is -1.30. The second kappa shape index (κ2) is 8.96. The lowest BCUT2D eigenvalue weighted by molar-refractivity contribution is -0.142. The SMILES string of the molecule is CCC(CC)NC(=O)NCCOCC(=O)O. The zero-order valence-electron chi connectivity index (χ0n) is 9.78. The first-order valence-electron chi connectivity index (χ1n) is 5.44. The fourth-order valence-corrected chi connectivity index (χ4v) is 1.13. The van der Waals surface area contributed by atoms with E-state index >= 15 is 0 Å². The van der Waals surface area contributed by atoms with E-state index < -0.39 is 5.97 Å². The van der Waals surface area contributed by atoms with E-state index in [-0.39, 0.29) is 25.3 Å². The van der Waals surface area contributed by atoms with Gasteiger partial charge in [0.2, 0.25) is 0 Å². The molecule has 0 aliphatic carbocycles. The summed E-state index contributed by atoms with van der Waals surface area (Å²) in [5.74, 6) is -1.01. The third kappa shape index (κ3) is 8.05. The molecule has 0 aromatic carbocycles. The van der Waals surface area contributed by atoms with Crippen LogP contribution in [0.25, 0.3) is 0 Å². The highest BCUT2D eigenvalue weighted by Crippen LogP contribution is 1.94. The number of carbonyl (C=O) groups is 2. The van der Waals surface area contributed by atoms with Gasteiger partial charge in [0.25, 0.3) is 0 Å². The van der Waals surface area contributed by atoms with Crippen LogP contribution >= 0.6 is 0 Å². The van der Waals surface area contributed by atoms with Crippen molar-refractivity contribution in [2.24, 2.45) is 0 Å². The van der Waals surface area contributed by atoms with Crippen LogP contribution in [0.4, 0.5) is 4.79 Å². The molecule has 0 aromatic rings. The van der Waals surface area contributed by atoms with Crippen molar-refractivity contribution in [3.63, 3.8) is 0 Å². The van der Waals surface area contributed by atoms with Gasteiger partial charge in [0.15, 0.2) is 0 Å². The van der Waals surface area contributed by atoms with Crippen LogP contribution in [-0.2, 0) is 9.53 Å². The number of aliphatic carboxylic acids is 1. The molecule has 0 unspecified atom stereocenters. The number of carbonyl (C=O) groups excluding carboxylic acids is 1. The van der Waals surface area contributed by atoms with E-state index in [4.69, 9.17) is 9.84 Å². The summed E-state index contributed by atoms with van der Waals surface area (Å²) in [4.78, 5) is 21.4. The molecule has 0 atom stereocenters. The van der Waals surface area contributed by atoms with Crippen LogP contribution in [0.5, 0.6) is 0 Å². The first kappa shape index (κ1) is 14.7. The summed E-state index contributed by atoms with van der Waals surface area (Å²) in [7, 11) is 0. The maximum Gasteiger partial charge on any atom is 0.329 e. The number of nitrogens with one attached hydrogen (secondary N) is 2. The molecule has 0 saturated heterocycles. The molecule has 0 fully saturated rings. The van der Waals surface area contributed by atoms with Crippen LogP contribution in [0, 0.1) is 0 Å². The number of rotatable bonds is 8. The zero-order valence-corrected chi connectivity index (χ0v) is 9.78. The Balaban J connectivity index is 3.46. The van der Waals surface area contributed by atoms with E-state index in [2.05, 4.69) is 10.6 Å². The van der Waals surface area contributed by atoms with Crippen LogP contribution in [0.3, 0.4) is 0 Å². The first-order valence-corrected chi connectivity index (χ1v) is 5.44. The van der Waals surface area contributed by atoms with E-state index in [1.165, 1.54) is 0 Å². The predicted octanol–water partition coefficient (Wildman–Crippen LogP) is 0.575. The highest BCUT2D eigenvalue weighted by molar-refractivity contribution is 5.74. The molecule has 0 rings (SSSR count). The molecule has 0 aromatic heterocycles. The van der Waals surface area contributed by atoms with E-state index in [0.717, 1.165) is 12.8 Å². The largest absolute Gasteiger partial charge is 0.480 e. The number of urea groups is 1. The first-order chi connectivity index (χ1) is 7.60. The fraction of sp³-hybridized carbons (Fsp3) is 0.800. The highest BCUT2D eigenvalue weighted by atomic mass is 16.5. The number of carboxylic acids is 1. The van der Waals surface area contributed by atoms with Crippen LogP contribution in [0.2, 0.25) is 0 Å². The van der Waals surface area contributed by atoms with Gasteiger partial charge in [-0.2, -0.15) is 0 Å². The molecule has 16 heavy (non-hydrogen) atoms. The molecule has 0 bridgehead atoms. The molecule has 0 aliphatic rings. The number of hydrogen-bond acceptors (Lipinski definition) is 3. The van der Waals surface area contributed by atoms with Crippen molar-refractivity contribution in [1.29, 1.82) is 0 Å². The second-order valence-electron chi connectivity index (χ2n) is 3.36. The molecule has 0 radical (unpaired) electrons. The van der Waals surface area contributed by atoms with Crippen molar-refractivity contribution < 1.29 is 19.4 Å². The lowest BCUT2D eigenvalue weighted by Crippen LogP contribution is -2.42. The Morgan fingerprint density at radius 2 is 1.94 bits per heavy atom. The maximum atomic E-state index is 11.3. The van der Waals surface area contributed by atoms with Gasteiger partial charge in [0.05, 0.1) is 6.61 Å². The molecule has 3 N–H and O–H groups in total. The van der Waals surface area contributed by atoms with Gasteiger partial charge in [-0.1, -0.05) is 13.8 Å². The van der Waals surface area contributed by atoms with E-state index in [0.29, 0.717) is 6.54 Å². The fourth-order valence-electron chi connectivity index (χ4n) is 1.13. The summed E-state index contributed by atoms with van der Waals surface area (Å²) in [5.41, 5.74) is 0. The van der Waals surface area contributed by atoms with Crippen LogP contribution in [0.1, 0.15) is 26.7 Å². The quantitative estimate of drug-likeness (QED) is 0.534. The molecule has 2 amide bonds. The lowest BCUT2D eigenvalue weighted by atomic mass is 10.2. The van der Waals surface area contributed by atoms with E-state index in [1.807, 2.05) is 13.8 Å². The molecule has 6 nitrogen and oxygen atoms in total. The summed E-state index contributed by atoms with van der Waals surface area (Å²) in [6.07, 6.45) is 1.78. The van der Waals surface area contributed by atoms with E-state index in [1.54, 1.807) is 0 Å². The van der Waals surface area contributed by atoms with Crippen LogP contribution in [0.15, 0.2) is 0 Å². The van der Waals surface area contributed by atoms with Crippen molar-refractivity contribution in [3.05, 3.63) is 0 Å². The van der Waals surface area contributed by atoms with Gasteiger partial charge < -0.3 is 20.5 Å². The van der Waals surface area contributed by atoms with Gasteiger partial charge in [-0.15, -0.1) is 0 Å². The van der Waals surface area contributed by atoms with Crippen molar-refractivity contribution in [2.45, 2.75) is 32.7 Å². The number of hydrogen-bond donors (Lipinski definition) is 3. The zero-order chi connectivity index (χ0) is 12.4. The van der Waals surface area contributed by atoms with Gasteiger partial charge in [-0.25, -0.2) is 9.59 Å². The van der Waals surface area contributed by atoms with Gasteiger partial charge in [-0.05, 0) is 12.8 Å². The van der Waals surface area contributed by atoms with Gasteiger partial charge in [-0.3, -0.25) is 0 Å². The Labute approximate surface area is 95.4 Å². The molecule has 0 spiro atoms. The third-order valence-corrected chi connectivity index (χ3v) is 2.08. The normalized spacial score (nSPS) is 10.2. The molecule has 0 heterocycles. The smallest absolute Gasteiger partial charge is 0.329 e. The summed E-state index contributed by atoms with van der Waals surface area (Å²) >= 11 is 0. The maximum absolute atomic E-state index is 11.3. The molecule has 0 saturated carbocycles. The van der Waals surface area contributed by atoms with Crippen LogP contribution < -0.4 is 10.6 Å². The number of carboxylic acid groups (broad SMARTS) is 1. The third-order valence-electron chi connectivity index (χ3n) is 2.08. The standard InChI is InChI=1S/C10H20N2O4/c1-3-8(4-2)12-10(15)11-5-6-16-7-9(13)14/h8H,3-7H2,1-2H3,(H,13,14)(H2,11,12,15). The summed E-state index contributed by atoms with van der Waals surface area (Å²) < 4.78 is 4.76. The van der Waals surface area contributed by atoms with Crippen LogP contribution in [-0.4, -0.2) is 42.9 Å². The minimum Gasteiger partial charge on any atom is -0.480 e. The molecular formula is C10H20N2O4. The molecular weight excluding hydrogens is 212 g/mol. The lowest BCUT2D eigenvalue weighted by Gasteiger charge is -2.15. The summed E-state index contributed by atoms with van der Waals surface area (Å²) in [6.45, 7) is 4.17. The summed E-state index contributed by atoms with van der Waals surface area (Å²) in [6, 6.07) is -0.0624. The van der Waals surface area contributed by atoms with Gasteiger partial charge in [0.1, 0.15) is 6.61 Å². The topological polar surface area (TPSA) is 87.7 Å². The predicted molar refractivity (Wildman–Crippen MR) is 59.4 cm³/mol. The van der Waals surface area contributed by atoms with Crippen molar-refractivity contribution in [2.75, 3.05) is 19.8 Å².